The minimum Gasteiger partial charge on any atom is -0.171 e. The number of hydrogen-bond donors (Lipinski definition) is 0. The van der Waals surface area contributed by atoms with Gasteiger partial charge < -0.3 is 0 Å². The molecule has 0 N–H and O–H groups in total. The molecule has 172 valence electrons. The Morgan fingerprint density at radius 2 is 1.17 bits per heavy atom. The lowest BCUT2D eigenvalue weighted by Crippen LogP contribution is -2.42. The van der Waals surface area contributed by atoms with E-state index in [9.17, 15) is 13.2 Å². The first-order chi connectivity index (χ1) is 13.9. The van der Waals surface area contributed by atoms with Crippen LogP contribution in [-0.2, 0) is 0 Å². The molecule has 0 aromatic carbocycles. The van der Waals surface area contributed by atoms with Gasteiger partial charge in [0.2, 0.25) is 0 Å². The van der Waals surface area contributed by atoms with Crippen molar-refractivity contribution in [3.8, 4) is 0 Å². The van der Waals surface area contributed by atoms with Crippen molar-refractivity contribution in [1.82, 2.24) is 0 Å². The van der Waals surface area contributed by atoms with Crippen LogP contribution in [0.5, 0.6) is 0 Å². The third kappa shape index (κ3) is 7.76. The largest absolute Gasteiger partial charge is 0.394 e. The van der Waals surface area contributed by atoms with E-state index in [2.05, 4.69) is 13.8 Å². The summed E-state index contributed by atoms with van der Waals surface area (Å²) in [5, 5.41) is 0. The van der Waals surface area contributed by atoms with E-state index in [0.29, 0.717) is 31.1 Å². The van der Waals surface area contributed by atoms with Crippen LogP contribution in [0.15, 0.2) is 0 Å². The number of hydrogen-bond acceptors (Lipinski definition) is 0. The standard InChI is InChI=1S/C26H47F3/c1-3-5-7-9-10-12-22-13-15-23(16-14-22)24-17-20-25(21-18-24,26(27,28)29)19-11-8-6-4-2/h22-24H,3-21H2,1-2H3/t22?,23?,24-,25+. The van der Waals surface area contributed by atoms with Crippen LogP contribution in [0.3, 0.4) is 0 Å². The molecule has 0 heterocycles. The van der Waals surface area contributed by atoms with Gasteiger partial charge >= 0.3 is 6.18 Å². The predicted octanol–water partition coefficient (Wildman–Crippen LogP) is 9.86. The van der Waals surface area contributed by atoms with Gasteiger partial charge in [0.25, 0.3) is 0 Å². The molecule has 2 fully saturated rings. The molecule has 29 heavy (non-hydrogen) atoms. The molecule has 2 saturated carbocycles. The van der Waals surface area contributed by atoms with Crippen LogP contribution in [0.1, 0.15) is 136 Å². The summed E-state index contributed by atoms with van der Waals surface area (Å²) in [7, 11) is 0. The maximum atomic E-state index is 13.9. The molecule has 0 nitrogen and oxygen atoms in total. The van der Waals surface area contributed by atoms with E-state index >= 15 is 0 Å². The molecule has 2 rings (SSSR count). The van der Waals surface area contributed by atoms with Crippen molar-refractivity contribution in [3.63, 3.8) is 0 Å². The van der Waals surface area contributed by atoms with E-state index < -0.39 is 11.6 Å². The monoisotopic (exact) mass is 416 g/mol. The van der Waals surface area contributed by atoms with Gasteiger partial charge in [-0.05, 0) is 62.7 Å². The molecule has 0 aliphatic heterocycles. The Morgan fingerprint density at radius 1 is 0.655 bits per heavy atom. The van der Waals surface area contributed by atoms with Gasteiger partial charge in [-0.1, -0.05) is 90.9 Å². The summed E-state index contributed by atoms with van der Waals surface area (Å²) >= 11 is 0. The summed E-state index contributed by atoms with van der Waals surface area (Å²) in [6, 6.07) is 0. The minimum absolute atomic E-state index is 0.369. The number of halogens is 3. The van der Waals surface area contributed by atoms with E-state index in [0.717, 1.165) is 44.4 Å². The van der Waals surface area contributed by atoms with Crippen molar-refractivity contribution in [1.29, 1.82) is 0 Å². The first-order valence-electron chi connectivity index (χ1n) is 13.0. The average molecular weight is 417 g/mol. The first kappa shape index (κ1) is 25.1. The van der Waals surface area contributed by atoms with E-state index in [1.807, 2.05) is 0 Å². The molecule has 0 spiro atoms. The molecular weight excluding hydrogens is 369 g/mol. The fourth-order valence-corrected chi connectivity index (χ4v) is 6.21. The summed E-state index contributed by atoms with van der Waals surface area (Å²) < 4.78 is 41.8. The van der Waals surface area contributed by atoms with Gasteiger partial charge in [-0.15, -0.1) is 0 Å². The lowest BCUT2D eigenvalue weighted by Gasteiger charge is -2.44. The van der Waals surface area contributed by atoms with Crippen LogP contribution >= 0.6 is 0 Å². The molecule has 0 saturated heterocycles. The van der Waals surface area contributed by atoms with Gasteiger partial charge in [0, 0.05) is 0 Å². The average Bonchev–Trinajstić information content (AvgIpc) is 2.71. The zero-order valence-electron chi connectivity index (χ0n) is 19.3. The first-order valence-corrected chi connectivity index (χ1v) is 13.0. The summed E-state index contributed by atoms with van der Waals surface area (Å²) in [5.74, 6) is 2.16. The molecule has 0 atom stereocenters. The molecular formula is C26H47F3. The lowest BCUT2D eigenvalue weighted by molar-refractivity contribution is -0.241. The third-order valence-electron chi connectivity index (χ3n) is 8.37. The van der Waals surface area contributed by atoms with E-state index in [4.69, 9.17) is 0 Å². The maximum absolute atomic E-state index is 13.9. The van der Waals surface area contributed by atoms with Crippen molar-refractivity contribution in [3.05, 3.63) is 0 Å². The number of rotatable bonds is 12. The van der Waals surface area contributed by atoms with Crippen LogP contribution < -0.4 is 0 Å². The SMILES string of the molecule is CCCCCCCC1CCC([C@H]2CC[C@@](CCCCCC)(C(F)(F)F)CC2)CC1. The molecule has 0 aromatic rings. The second kappa shape index (κ2) is 12.6. The highest BCUT2D eigenvalue weighted by atomic mass is 19.4. The molecule has 3 heteroatoms. The van der Waals surface area contributed by atoms with Gasteiger partial charge in [-0.25, -0.2) is 0 Å². The Hall–Kier alpha value is -0.210. The number of alkyl halides is 3. The highest BCUT2D eigenvalue weighted by Crippen LogP contribution is 2.55. The topological polar surface area (TPSA) is 0 Å². The normalized spacial score (nSPS) is 31.1. The van der Waals surface area contributed by atoms with E-state index in [1.165, 1.54) is 64.2 Å². The van der Waals surface area contributed by atoms with Crippen LogP contribution in [0, 0.1) is 23.2 Å². The molecule has 0 unspecified atom stereocenters. The van der Waals surface area contributed by atoms with Gasteiger partial charge in [0.05, 0.1) is 5.41 Å². The molecule has 0 amide bonds. The van der Waals surface area contributed by atoms with E-state index in [-0.39, 0.29) is 0 Å². The fourth-order valence-electron chi connectivity index (χ4n) is 6.21. The molecule has 0 bridgehead atoms. The second-order valence-corrected chi connectivity index (χ2v) is 10.4. The Kier molecular flexibility index (Phi) is 10.9. The van der Waals surface area contributed by atoms with Crippen molar-refractivity contribution >= 4 is 0 Å². The molecule has 0 radical (unpaired) electrons. The van der Waals surface area contributed by atoms with Crippen LogP contribution in [0.25, 0.3) is 0 Å². The molecule has 0 aromatic heterocycles. The zero-order valence-corrected chi connectivity index (χ0v) is 19.3. The second-order valence-electron chi connectivity index (χ2n) is 10.4. The van der Waals surface area contributed by atoms with Crippen LogP contribution in [0.2, 0.25) is 0 Å². The summed E-state index contributed by atoms with van der Waals surface area (Å²) in [6.07, 6.45) is 16.1. The summed E-state index contributed by atoms with van der Waals surface area (Å²) in [5.41, 5.74) is -1.37. The predicted molar refractivity (Wildman–Crippen MR) is 118 cm³/mol. The Bertz CT molecular complexity index is 412. The van der Waals surface area contributed by atoms with Crippen molar-refractivity contribution in [2.45, 2.75) is 142 Å². The van der Waals surface area contributed by atoms with Crippen LogP contribution in [0.4, 0.5) is 13.2 Å². The van der Waals surface area contributed by atoms with Crippen molar-refractivity contribution < 1.29 is 13.2 Å². The Balaban J connectivity index is 1.72. The lowest BCUT2D eigenvalue weighted by atomic mass is 9.62. The van der Waals surface area contributed by atoms with Crippen LogP contribution in [-0.4, -0.2) is 6.18 Å². The van der Waals surface area contributed by atoms with Gasteiger partial charge in [0.1, 0.15) is 0 Å². The fraction of sp³-hybridized carbons (Fsp3) is 1.00. The van der Waals surface area contributed by atoms with E-state index in [1.54, 1.807) is 0 Å². The minimum atomic E-state index is -4.01. The smallest absolute Gasteiger partial charge is 0.171 e. The quantitative estimate of drug-likeness (QED) is 0.278. The molecule has 2 aliphatic carbocycles. The number of unbranched alkanes of at least 4 members (excludes halogenated alkanes) is 7. The summed E-state index contributed by atoms with van der Waals surface area (Å²) in [4.78, 5) is 0. The summed E-state index contributed by atoms with van der Waals surface area (Å²) in [6.45, 7) is 4.38. The Labute approximate surface area is 178 Å². The van der Waals surface area contributed by atoms with Gasteiger partial charge in [-0.3, -0.25) is 0 Å². The van der Waals surface area contributed by atoms with Crippen molar-refractivity contribution in [2.24, 2.45) is 23.2 Å². The highest BCUT2D eigenvalue weighted by molar-refractivity contribution is 4.93. The van der Waals surface area contributed by atoms with Crippen molar-refractivity contribution in [2.75, 3.05) is 0 Å². The van der Waals surface area contributed by atoms with Gasteiger partial charge in [0.15, 0.2) is 0 Å². The maximum Gasteiger partial charge on any atom is 0.394 e. The molecule has 2 aliphatic rings. The zero-order chi connectivity index (χ0) is 21.2. The Morgan fingerprint density at radius 3 is 1.72 bits per heavy atom. The van der Waals surface area contributed by atoms with Gasteiger partial charge in [-0.2, -0.15) is 13.2 Å². The highest BCUT2D eigenvalue weighted by Gasteiger charge is 2.55. The third-order valence-corrected chi connectivity index (χ3v) is 8.37.